The van der Waals surface area contributed by atoms with Crippen LogP contribution in [0.15, 0.2) is 0 Å². The molecule has 0 bridgehead atoms. The highest BCUT2D eigenvalue weighted by Crippen LogP contribution is 2.31. The highest BCUT2D eigenvalue weighted by atomic mass is 16.2. The molecule has 0 aromatic carbocycles. The lowest BCUT2D eigenvalue weighted by atomic mass is 9.89. The summed E-state index contributed by atoms with van der Waals surface area (Å²) in [5, 5.41) is 12.9. The summed E-state index contributed by atoms with van der Waals surface area (Å²) in [5.41, 5.74) is 0. The number of hydrogen-bond donors (Lipinski definition) is 2. The van der Waals surface area contributed by atoms with E-state index in [9.17, 15) is 0 Å². The monoisotopic (exact) mass is 266 g/mol. The minimum atomic E-state index is 0.362. The quantitative estimate of drug-likeness (QED) is 0.773. The Morgan fingerprint density at radius 2 is 1.79 bits per heavy atom. The summed E-state index contributed by atoms with van der Waals surface area (Å²) in [4.78, 5) is 2.78. The van der Waals surface area contributed by atoms with Crippen LogP contribution in [0.5, 0.6) is 0 Å². The van der Waals surface area contributed by atoms with Gasteiger partial charge in [0.2, 0.25) is 0 Å². The van der Waals surface area contributed by atoms with Crippen LogP contribution in [0.1, 0.15) is 57.8 Å². The maximum atomic E-state index is 9.07. The summed E-state index contributed by atoms with van der Waals surface area (Å²) < 4.78 is 0. The highest BCUT2D eigenvalue weighted by Gasteiger charge is 2.34. The topological polar surface area (TPSA) is 35.5 Å². The first-order valence-electron chi connectivity index (χ1n) is 8.46. The van der Waals surface area contributed by atoms with E-state index in [4.69, 9.17) is 5.11 Å². The standard InChI is InChI=1S/C16H30N2O/c19-9-3-4-13-10-15(17-14-7-8-14)12-18(11-13)16-5-1-2-6-16/h13-17,19H,1-12H2. The van der Waals surface area contributed by atoms with E-state index in [1.54, 1.807) is 0 Å². The van der Waals surface area contributed by atoms with Crippen LogP contribution in [-0.2, 0) is 0 Å². The molecule has 3 heteroatoms. The van der Waals surface area contributed by atoms with Crippen LogP contribution in [0.4, 0.5) is 0 Å². The van der Waals surface area contributed by atoms with E-state index in [-0.39, 0.29) is 0 Å². The molecule has 0 radical (unpaired) electrons. The molecule has 1 saturated heterocycles. The van der Waals surface area contributed by atoms with Crippen molar-refractivity contribution in [2.75, 3.05) is 19.7 Å². The summed E-state index contributed by atoms with van der Waals surface area (Å²) in [7, 11) is 0. The van der Waals surface area contributed by atoms with Crippen LogP contribution in [0.2, 0.25) is 0 Å². The lowest BCUT2D eigenvalue weighted by Crippen LogP contribution is -2.52. The summed E-state index contributed by atoms with van der Waals surface area (Å²) in [5.74, 6) is 0.803. The molecule has 0 spiro atoms. The third-order valence-corrected chi connectivity index (χ3v) is 5.23. The van der Waals surface area contributed by atoms with E-state index in [0.717, 1.165) is 24.4 Å². The molecule has 1 heterocycles. The Bertz CT molecular complexity index is 274. The van der Waals surface area contributed by atoms with Gasteiger partial charge in [-0.1, -0.05) is 12.8 Å². The first-order valence-corrected chi connectivity index (χ1v) is 8.46. The Balaban J connectivity index is 1.55. The van der Waals surface area contributed by atoms with Gasteiger partial charge < -0.3 is 10.4 Å². The molecular formula is C16H30N2O. The molecule has 2 atom stereocenters. The first kappa shape index (κ1) is 13.8. The van der Waals surface area contributed by atoms with Crippen molar-refractivity contribution in [1.29, 1.82) is 0 Å². The second-order valence-electron chi connectivity index (χ2n) is 7.00. The van der Waals surface area contributed by atoms with Crippen molar-refractivity contribution >= 4 is 0 Å². The number of nitrogens with zero attached hydrogens (tertiary/aromatic N) is 1. The zero-order valence-electron chi connectivity index (χ0n) is 12.2. The number of aliphatic hydroxyl groups is 1. The molecule has 0 aromatic rings. The van der Waals surface area contributed by atoms with E-state index in [0.29, 0.717) is 12.6 Å². The molecule has 0 amide bonds. The SMILES string of the molecule is OCCCC1CC(NC2CC2)CN(C2CCCC2)C1. The van der Waals surface area contributed by atoms with Crippen LogP contribution >= 0.6 is 0 Å². The lowest BCUT2D eigenvalue weighted by molar-refractivity contribution is 0.0911. The summed E-state index contributed by atoms with van der Waals surface area (Å²) in [6.07, 6.45) is 12.0. The van der Waals surface area contributed by atoms with Crippen molar-refractivity contribution < 1.29 is 5.11 Å². The number of piperidine rings is 1. The van der Waals surface area contributed by atoms with Gasteiger partial charge in [-0.25, -0.2) is 0 Å². The van der Waals surface area contributed by atoms with Gasteiger partial charge in [0.15, 0.2) is 0 Å². The molecular weight excluding hydrogens is 236 g/mol. The second kappa shape index (κ2) is 6.55. The Kier molecular flexibility index (Phi) is 4.78. The van der Waals surface area contributed by atoms with Gasteiger partial charge in [0, 0.05) is 37.8 Å². The van der Waals surface area contributed by atoms with Gasteiger partial charge in [0.05, 0.1) is 0 Å². The summed E-state index contributed by atoms with van der Waals surface area (Å²) in [6, 6.07) is 2.40. The van der Waals surface area contributed by atoms with Crippen LogP contribution < -0.4 is 5.32 Å². The maximum Gasteiger partial charge on any atom is 0.0431 e. The van der Waals surface area contributed by atoms with Gasteiger partial charge >= 0.3 is 0 Å². The van der Waals surface area contributed by atoms with Crippen LogP contribution in [0.3, 0.4) is 0 Å². The highest BCUT2D eigenvalue weighted by molar-refractivity contribution is 4.92. The van der Waals surface area contributed by atoms with E-state index in [1.807, 2.05) is 0 Å². The fraction of sp³-hybridized carbons (Fsp3) is 1.00. The molecule has 3 rings (SSSR count). The van der Waals surface area contributed by atoms with Crippen molar-refractivity contribution in [3.63, 3.8) is 0 Å². The van der Waals surface area contributed by atoms with E-state index >= 15 is 0 Å². The molecule has 3 fully saturated rings. The third-order valence-electron chi connectivity index (χ3n) is 5.23. The smallest absolute Gasteiger partial charge is 0.0431 e. The Morgan fingerprint density at radius 1 is 1.00 bits per heavy atom. The van der Waals surface area contributed by atoms with Gasteiger partial charge in [-0.2, -0.15) is 0 Å². The third kappa shape index (κ3) is 3.93. The Morgan fingerprint density at radius 3 is 2.47 bits per heavy atom. The molecule has 2 aliphatic carbocycles. The summed E-state index contributed by atoms with van der Waals surface area (Å²) in [6.45, 7) is 2.92. The molecule has 1 aliphatic heterocycles. The van der Waals surface area contributed by atoms with E-state index in [1.165, 1.54) is 64.5 Å². The molecule has 2 N–H and O–H groups in total. The van der Waals surface area contributed by atoms with Crippen molar-refractivity contribution in [2.24, 2.45) is 5.92 Å². The number of rotatable bonds is 6. The average molecular weight is 266 g/mol. The maximum absolute atomic E-state index is 9.07. The molecule has 3 aliphatic rings. The average Bonchev–Trinajstić information content (AvgIpc) is 3.07. The van der Waals surface area contributed by atoms with Gasteiger partial charge in [-0.05, 0) is 50.9 Å². The van der Waals surface area contributed by atoms with Gasteiger partial charge in [0.25, 0.3) is 0 Å². The van der Waals surface area contributed by atoms with Crippen LogP contribution in [0.25, 0.3) is 0 Å². The minimum absolute atomic E-state index is 0.362. The van der Waals surface area contributed by atoms with Crippen molar-refractivity contribution in [3.05, 3.63) is 0 Å². The Labute approximate surface area is 117 Å². The van der Waals surface area contributed by atoms with Crippen molar-refractivity contribution in [1.82, 2.24) is 10.2 Å². The zero-order valence-corrected chi connectivity index (χ0v) is 12.2. The molecule has 2 unspecified atom stereocenters. The number of nitrogens with one attached hydrogen (secondary N) is 1. The molecule has 110 valence electrons. The molecule has 3 nitrogen and oxygen atoms in total. The van der Waals surface area contributed by atoms with Crippen LogP contribution in [0, 0.1) is 5.92 Å². The van der Waals surface area contributed by atoms with Gasteiger partial charge in [0.1, 0.15) is 0 Å². The van der Waals surface area contributed by atoms with Crippen LogP contribution in [-0.4, -0.2) is 47.8 Å². The van der Waals surface area contributed by atoms with Crippen molar-refractivity contribution in [3.8, 4) is 0 Å². The zero-order chi connectivity index (χ0) is 13.1. The first-order chi connectivity index (χ1) is 9.35. The molecule has 19 heavy (non-hydrogen) atoms. The van der Waals surface area contributed by atoms with E-state index in [2.05, 4.69) is 10.2 Å². The molecule has 0 aromatic heterocycles. The lowest BCUT2D eigenvalue weighted by Gasteiger charge is -2.41. The van der Waals surface area contributed by atoms with Crippen molar-refractivity contribution in [2.45, 2.75) is 75.9 Å². The van der Waals surface area contributed by atoms with E-state index < -0.39 is 0 Å². The number of hydrogen-bond acceptors (Lipinski definition) is 3. The van der Waals surface area contributed by atoms with Gasteiger partial charge in [-0.3, -0.25) is 4.90 Å². The minimum Gasteiger partial charge on any atom is -0.396 e. The summed E-state index contributed by atoms with van der Waals surface area (Å²) >= 11 is 0. The largest absolute Gasteiger partial charge is 0.396 e. The number of likely N-dealkylation sites (tertiary alicyclic amines) is 1. The Hall–Kier alpha value is -0.120. The second-order valence-corrected chi connectivity index (χ2v) is 7.00. The normalized spacial score (nSPS) is 33.9. The molecule has 2 saturated carbocycles. The predicted molar refractivity (Wildman–Crippen MR) is 78.2 cm³/mol. The fourth-order valence-electron chi connectivity index (χ4n) is 4.10. The fourth-order valence-corrected chi connectivity index (χ4v) is 4.10. The number of aliphatic hydroxyl groups excluding tert-OH is 1. The van der Waals surface area contributed by atoms with Gasteiger partial charge in [-0.15, -0.1) is 0 Å². The predicted octanol–water partition coefficient (Wildman–Crippen LogP) is 2.14.